The molecule has 28 heavy (non-hydrogen) atoms. The summed E-state index contributed by atoms with van der Waals surface area (Å²) in [5.41, 5.74) is 5.29. The van der Waals surface area contributed by atoms with E-state index < -0.39 is 0 Å². The number of hydrogen-bond acceptors (Lipinski definition) is 3. The fourth-order valence-corrected chi connectivity index (χ4v) is 3.37. The highest BCUT2D eigenvalue weighted by atomic mass is 35.5. The van der Waals surface area contributed by atoms with E-state index in [4.69, 9.17) is 16.7 Å². The van der Waals surface area contributed by atoms with Gasteiger partial charge < -0.3 is 0 Å². The van der Waals surface area contributed by atoms with Crippen LogP contribution in [0.2, 0.25) is 5.02 Å². The number of rotatable bonds is 3. The van der Waals surface area contributed by atoms with E-state index in [-0.39, 0.29) is 0 Å². The van der Waals surface area contributed by atoms with Gasteiger partial charge >= 0.3 is 0 Å². The highest BCUT2D eigenvalue weighted by Gasteiger charge is 2.17. The van der Waals surface area contributed by atoms with Gasteiger partial charge in [-0.2, -0.15) is 5.10 Å². The van der Waals surface area contributed by atoms with Crippen molar-refractivity contribution >= 4 is 22.5 Å². The lowest BCUT2D eigenvalue weighted by molar-refractivity contribution is 0.895. The fourth-order valence-electron chi connectivity index (χ4n) is 3.25. The van der Waals surface area contributed by atoms with Crippen molar-refractivity contribution in [2.24, 2.45) is 0 Å². The third kappa shape index (κ3) is 2.94. The quantitative estimate of drug-likeness (QED) is 0.396. The molecule has 0 bridgehead atoms. The van der Waals surface area contributed by atoms with Gasteiger partial charge in [-0.25, -0.2) is 4.68 Å². The Labute approximate surface area is 167 Å². The van der Waals surface area contributed by atoms with E-state index in [1.54, 1.807) is 0 Å². The second-order valence-electron chi connectivity index (χ2n) is 6.44. The van der Waals surface area contributed by atoms with Crippen LogP contribution in [0, 0.1) is 0 Å². The molecule has 0 aliphatic carbocycles. The molecule has 134 valence electrons. The molecule has 2 aromatic heterocycles. The van der Waals surface area contributed by atoms with E-state index in [1.165, 1.54) is 0 Å². The van der Waals surface area contributed by atoms with Gasteiger partial charge in [0, 0.05) is 22.3 Å². The Balaban J connectivity index is 1.78. The van der Waals surface area contributed by atoms with Crippen molar-refractivity contribution in [3.05, 3.63) is 96.1 Å². The summed E-state index contributed by atoms with van der Waals surface area (Å²) >= 11 is 6.05. The van der Waals surface area contributed by atoms with Crippen molar-refractivity contribution in [2.75, 3.05) is 0 Å². The molecule has 0 amide bonds. The predicted molar refractivity (Wildman–Crippen MR) is 113 cm³/mol. The maximum atomic E-state index is 6.05. The van der Waals surface area contributed by atoms with Gasteiger partial charge in [-0.15, -0.1) is 10.2 Å². The molecule has 4 nitrogen and oxygen atoms in total. The fraction of sp³-hybridized carbons (Fsp3) is 0. The smallest absolute Gasteiger partial charge is 0.123 e. The van der Waals surface area contributed by atoms with E-state index in [2.05, 4.69) is 10.2 Å². The first-order chi connectivity index (χ1) is 13.8. The molecule has 2 heterocycles. The standard InChI is InChI=1S/C23H15ClN4/c24-18-13-11-17(12-14-18)21-20-15-28(19-9-5-2-6-10-19)27-23(20)22(26-25-21)16-7-3-1-4-8-16/h1-15H. The molecular weight excluding hydrogens is 368 g/mol. The average molecular weight is 383 g/mol. The lowest BCUT2D eigenvalue weighted by Gasteiger charge is -2.05. The second kappa shape index (κ2) is 6.91. The number of para-hydroxylation sites is 1. The van der Waals surface area contributed by atoms with Crippen LogP contribution in [0.1, 0.15) is 0 Å². The number of halogens is 1. The molecule has 3 aromatic carbocycles. The maximum Gasteiger partial charge on any atom is 0.123 e. The first-order valence-electron chi connectivity index (χ1n) is 8.92. The van der Waals surface area contributed by atoms with Gasteiger partial charge in [0.05, 0.1) is 11.1 Å². The lowest BCUT2D eigenvalue weighted by atomic mass is 10.1. The van der Waals surface area contributed by atoms with Crippen molar-refractivity contribution in [3.63, 3.8) is 0 Å². The van der Waals surface area contributed by atoms with Crippen molar-refractivity contribution in [2.45, 2.75) is 0 Å². The van der Waals surface area contributed by atoms with Gasteiger partial charge in [0.1, 0.15) is 16.9 Å². The topological polar surface area (TPSA) is 43.6 Å². The van der Waals surface area contributed by atoms with Crippen LogP contribution in [0.3, 0.4) is 0 Å². The first kappa shape index (κ1) is 16.7. The minimum atomic E-state index is 0.689. The average Bonchev–Trinajstić information content (AvgIpc) is 3.20. The minimum absolute atomic E-state index is 0.689. The Hall–Kier alpha value is -3.50. The Kier molecular flexibility index (Phi) is 4.11. The zero-order chi connectivity index (χ0) is 18.9. The molecule has 0 saturated carbocycles. The summed E-state index contributed by atoms with van der Waals surface area (Å²) < 4.78 is 1.87. The van der Waals surface area contributed by atoms with E-state index >= 15 is 0 Å². The van der Waals surface area contributed by atoms with Gasteiger partial charge in [0.25, 0.3) is 0 Å². The van der Waals surface area contributed by atoms with Crippen LogP contribution in [0.15, 0.2) is 91.1 Å². The summed E-state index contributed by atoms with van der Waals surface area (Å²) in [6, 6.07) is 27.7. The Bertz CT molecular complexity index is 1250. The minimum Gasteiger partial charge on any atom is -0.240 e. The molecule has 0 fully saturated rings. The van der Waals surface area contributed by atoms with Gasteiger partial charge in [-0.05, 0) is 24.3 Å². The van der Waals surface area contributed by atoms with Crippen LogP contribution < -0.4 is 0 Å². The zero-order valence-electron chi connectivity index (χ0n) is 14.8. The molecule has 0 radical (unpaired) electrons. The summed E-state index contributed by atoms with van der Waals surface area (Å²) in [7, 11) is 0. The summed E-state index contributed by atoms with van der Waals surface area (Å²) in [5, 5.41) is 15.6. The molecule has 5 aromatic rings. The molecule has 0 saturated heterocycles. The molecule has 0 N–H and O–H groups in total. The van der Waals surface area contributed by atoms with Crippen LogP contribution in [0.5, 0.6) is 0 Å². The molecule has 0 unspecified atom stereocenters. The van der Waals surface area contributed by atoms with E-state index in [9.17, 15) is 0 Å². The maximum absolute atomic E-state index is 6.05. The predicted octanol–water partition coefficient (Wildman–Crippen LogP) is 5.80. The number of nitrogens with zero attached hydrogens (tertiary/aromatic N) is 4. The largest absolute Gasteiger partial charge is 0.240 e. The van der Waals surface area contributed by atoms with Crippen LogP contribution in [0.25, 0.3) is 39.1 Å². The van der Waals surface area contributed by atoms with Gasteiger partial charge in [-0.3, -0.25) is 0 Å². The molecule has 5 heteroatoms. The third-order valence-electron chi connectivity index (χ3n) is 4.63. The van der Waals surface area contributed by atoms with Crippen molar-refractivity contribution in [3.8, 4) is 28.2 Å². The first-order valence-corrected chi connectivity index (χ1v) is 9.30. The highest BCUT2D eigenvalue weighted by molar-refractivity contribution is 6.30. The Morgan fingerprint density at radius 3 is 1.96 bits per heavy atom. The van der Waals surface area contributed by atoms with Crippen molar-refractivity contribution < 1.29 is 0 Å². The summed E-state index contributed by atoms with van der Waals surface area (Å²) in [6.07, 6.45) is 2.01. The molecular formula is C23H15ClN4. The lowest BCUT2D eigenvalue weighted by Crippen LogP contribution is -1.95. The molecule has 0 atom stereocenters. The Morgan fingerprint density at radius 1 is 0.643 bits per heavy atom. The van der Waals surface area contributed by atoms with Crippen molar-refractivity contribution in [1.29, 1.82) is 0 Å². The van der Waals surface area contributed by atoms with Crippen LogP contribution in [-0.2, 0) is 0 Å². The zero-order valence-corrected chi connectivity index (χ0v) is 15.6. The number of hydrogen-bond donors (Lipinski definition) is 0. The Morgan fingerprint density at radius 2 is 1.25 bits per heavy atom. The normalized spacial score (nSPS) is 11.0. The van der Waals surface area contributed by atoms with Crippen LogP contribution in [0.4, 0.5) is 0 Å². The van der Waals surface area contributed by atoms with E-state index in [0.717, 1.165) is 39.1 Å². The second-order valence-corrected chi connectivity index (χ2v) is 6.88. The van der Waals surface area contributed by atoms with E-state index in [1.807, 2.05) is 95.8 Å². The van der Waals surface area contributed by atoms with Gasteiger partial charge in [0.15, 0.2) is 0 Å². The summed E-state index contributed by atoms with van der Waals surface area (Å²) in [4.78, 5) is 0. The molecule has 0 spiro atoms. The summed E-state index contributed by atoms with van der Waals surface area (Å²) in [6.45, 7) is 0. The molecule has 5 rings (SSSR count). The third-order valence-corrected chi connectivity index (χ3v) is 4.88. The molecule has 0 aliphatic heterocycles. The number of benzene rings is 3. The van der Waals surface area contributed by atoms with E-state index in [0.29, 0.717) is 5.02 Å². The van der Waals surface area contributed by atoms with Crippen LogP contribution >= 0.6 is 11.6 Å². The van der Waals surface area contributed by atoms with Gasteiger partial charge in [0.2, 0.25) is 0 Å². The van der Waals surface area contributed by atoms with Gasteiger partial charge in [-0.1, -0.05) is 72.3 Å². The summed E-state index contributed by atoms with van der Waals surface area (Å²) in [5.74, 6) is 0. The number of aromatic nitrogens is 4. The molecule has 0 aliphatic rings. The monoisotopic (exact) mass is 382 g/mol. The SMILES string of the molecule is Clc1ccc(-c2nnc(-c3ccccc3)c3nn(-c4ccccc4)cc23)cc1. The van der Waals surface area contributed by atoms with Crippen LogP contribution in [-0.4, -0.2) is 20.0 Å². The highest BCUT2D eigenvalue weighted by Crippen LogP contribution is 2.32. The van der Waals surface area contributed by atoms with Crippen molar-refractivity contribution in [1.82, 2.24) is 20.0 Å². The number of fused-ring (bicyclic) bond motifs is 1.